The van der Waals surface area contributed by atoms with Gasteiger partial charge in [0.15, 0.2) is 0 Å². The van der Waals surface area contributed by atoms with E-state index in [1.165, 1.54) is 16.7 Å². The summed E-state index contributed by atoms with van der Waals surface area (Å²) in [6.45, 7) is 3.89. The number of carbonyl (C=O) groups is 2. The Labute approximate surface area is 218 Å². The van der Waals surface area contributed by atoms with E-state index in [2.05, 4.69) is 5.32 Å². The largest absolute Gasteiger partial charge is 0.321 e. The SMILES string of the molecule is Cc1ccc(NC(=O)/C(C#N)=C2\S[C@H](Cc3cccc(Cl)c3Cl)C(=O)N2c2ccc(C)cc2)cc1. The number of nitrogens with zero attached hydrogens (tertiary/aromatic N) is 2. The number of halogens is 2. The third kappa shape index (κ3) is 5.38. The second-order valence-electron chi connectivity index (χ2n) is 8.14. The highest BCUT2D eigenvalue weighted by atomic mass is 35.5. The van der Waals surface area contributed by atoms with Gasteiger partial charge in [0.1, 0.15) is 16.7 Å². The van der Waals surface area contributed by atoms with Crippen LogP contribution in [0.2, 0.25) is 10.0 Å². The molecule has 3 aromatic carbocycles. The summed E-state index contributed by atoms with van der Waals surface area (Å²) >= 11 is 13.7. The van der Waals surface area contributed by atoms with E-state index in [0.717, 1.165) is 16.7 Å². The Balaban J connectivity index is 1.74. The molecule has 0 saturated carbocycles. The number of nitrogens with one attached hydrogen (secondary N) is 1. The molecule has 1 aliphatic heterocycles. The first-order chi connectivity index (χ1) is 16.8. The lowest BCUT2D eigenvalue weighted by Crippen LogP contribution is -2.31. The zero-order valence-electron chi connectivity index (χ0n) is 19.0. The maximum Gasteiger partial charge on any atom is 0.269 e. The Kier molecular flexibility index (Phi) is 7.51. The van der Waals surface area contributed by atoms with E-state index >= 15 is 0 Å². The molecule has 0 spiro atoms. The van der Waals surface area contributed by atoms with Crippen LogP contribution in [0.15, 0.2) is 77.3 Å². The smallest absolute Gasteiger partial charge is 0.269 e. The number of nitriles is 1. The number of anilines is 2. The van der Waals surface area contributed by atoms with Gasteiger partial charge in [-0.05, 0) is 56.2 Å². The number of thioether (sulfide) groups is 1. The zero-order chi connectivity index (χ0) is 25.1. The van der Waals surface area contributed by atoms with Crippen molar-refractivity contribution in [1.29, 1.82) is 5.26 Å². The van der Waals surface area contributed by atoms with Gasteiger partial charge in [-0.1, -0.05) is 82.5 Å². The summed E-state index contributed by atoms with van der Waals surface area (Å²) in [4.78, 5) is 28.2. The molecule has 0 unspecified atom stereocenters. The minimum Gasteiger partial charge on any atom is -0.321 e. The fourth-order valence-corrected chi connectivity index (χ4v) is 5.34. The normalized spacial score (nSPS) is 16.7. The van der Waals surface area contributed by atoms with Gasteiger partial charge in [0.25, 0.3) is 5.91 Å². The van der Waals surface area contributed by atoms with E-state index in [0.29, 0.717) is 27.8 Å². The molecule has 3 aromatic rings. The Bertz CT molecular complexity index is 1360. The Morgan fingerprint density at radius 1 is 1.03 bits per heavy atom. The Hall–Kier alpha value is -3.24. The molecule has 0 radical (unpaired) electrons. The lowest BCUT2D eigenvalue weighted by Gasteiger charge is -2.19. The quantitative estimate of drug-likeness (QED) is 0.300. The fraction of sp³-hybridized carbons (Fsp3) is 0.148. The number of benzene rings is 3. The van der Waals surface area contributed by atoms with E-state index in [1.807, 2.05) is 50.2 Å². The number of aryl methyl sites for hydroxylation is 2. The lowest BCUT2D eigenvalue weighted by atomic mass is 10.1. The molecular weight excluding hydrogens is 501 g/mol. The van der Waals surface area contributed by atoms with Crippen LogP contribution in [0.25, 0.3) is 0 Å². The van der Waals surface area contributed by atoms with Crippen molar-refractivity contribution >= 4 is 58.2 Å². The van der Waals surface area contributed by atoms with Crippen LogP contribution in [-0.4, -0.2) is 17.1 Å². The van der Waals surface area contributed by atoms with Crippen molar-refractivity contribution in [2.75, 3.05) is 10.2 Å². The molecule has 0 bridgehead atoms. The van der Waals surface area contributed by atoms with E-state index in [1.54, 1.807) is 36.4 Å². The molecule has 35 heavy (non-hydrogen) atoms. The molecule has 1 heterocycles. The highest BCUT2D eigenvalue weighted by molar-refractivity contribution is 8.05. The van der Waals surface area contributed by atoms with Crippen molar-refractivity contribution in [2.45, 2.75) is 25.5 Å². The van der Waals surface area contributed by atoms with Crippen LogP contribution in [0, 0.1) is 25.2 Å². The van der Waals surface area contributed by atoms with Crippen LogP contribution >= 0.6 is 35.0 Å². The second kappa shape index (κ2) is 10.6. The summed E-state index contributed by atoms with van der Waals surface area (Å²) < 4.78 is 0. The van der Waals surface area contributed by atoms with Crippen molar-refractivity contribution in [3.05, 3.63) is 104 Å². The highest BCUT2D eigenvalue weighted by Crippen LogP contribution is 2.43. The second-order valence-corrected chi connectivity index (χ2v) is 10.1. The van der Waals surface area contributed by atoms with Gasteiger partial charge in [0.05, 0.1) is 15.3 Å². The third-order valence-electron chi connectivity index (χ3n) is 5.54. The van der Waals surface area contributed by atoms with E-state index in [-0.39, 0.29) is 16.5 Å². The molecule has 5 nitrogen and oxygen atoms in total. The first kappa shape index (κ1) is 24.9. The molecular formula is C27H21Cl2N3O2S. The maximum absolute atomic E-state index is 13.6. The van der Waals surface area contributed by atoms with Gasteiger partial charge in [0, 0.05) is 11.4 Å². The number of amides is 2. The van der Waals surface area contributed by atoms with E-state index in [9.17, 15) is 14.9 Å². The number of hydrogen-bond acceptors (Lipinski definition) is 4. The van der Waals surface area contributed by atoms with Crippen LogP contribution in [0.5, 0.6) is 0 Å². The highest BCUT2D eigenvalue weighted by Gasteiger charge is 2.41. The zero-order valence-corrected chi connectivity index (χ0v) is 21.3. The maximum atomic E-state index is 13.6. The molecule has 1 N–H and O–H groups in total. The van der Waals surface area contributed by atoms with Crippen LogP contribution < -0.4 is 10.2 Å². The first-order valence-corrected chi connectivity index (χ1v) is 12.4. The molecule has 176 valence electrons. The average Bonchev–Trinajstić information content (AvgIpc) is 3.15. The number of rotatable bonds is 5. The van der Waals surface area contributed by atoms with Gasteiger partial charge in [-0.3, -0.25) is 14.5 Å². The molecule has 0 aliphatic carbocycles. The van der Waals surface area contributed by atoms with Crippen molar-refractivity contribution < 1.29 is 9.59 Å². The first-order valence-electron chi connectivity index (χ1n) is 10.8. The molecule has 2 amide bonds. The van der Waals surface area contributed by atoms with Crippen LogP contribution in [0.4, 0.5) is 11.4 Å². The summed E-state index contributed by atoms with van der Waals surface area (Å²) in [5.41, 5.74) is 3.80. The van der Waals surface area contributed by atoms with Gasteiger partial charge in [-0.25, -0.2) is 0 Å². The minimum atomic E-state index is -0.585. The Morgan fingerprint density at radius 2 is 1.66 bits per heavy atom. The van der Waals surface area contributed by atoms with Crippen molar-refractivity contribution in [2.24, 2.45) is 0 Å². The number of hydrogen-bond donors (Lipinski definition) is 1. The van der Waals surface area contributed by atoms with Crippen molar-refractivity contribution in [3.8, 4) is 6.07 Å². The summed E-state index contributed by atoms with van der Waals surface area (Å²) in [5, 5.41) is 13.2. The van der Waals surface area contributed by atoms with Gasteiger partial charge in [-0.15, -0.1) is 0 Å². The van der Waals surface area contributed by atoms with E-state index in [4.69, 9.17) is 23.2 Å². The van der Waals surface area contributed by atoms with Crippen LogP contribution in [0.1, 0.15) is 16.7 Å². The lowest BCUT2D eigenvalue weighted by molar-refractivity contribution is -0.117. The standard InChI is InChI=1S/C27H21Cl2N3O2S/c1-16-6-10-19(11-7-16)31-25(33)21(15-30)27-32(20-12-8-17(2)9-13-20)26(34)23(35-27)14-18-4-3-5-22(28)24(18)29/h3-13,23H,14H2,1-2H3,(H,31,33)/b27-21-/t23-/m1/s1. The van der Waals surface area contributed by atoms with Crippen molar-refractivity contribution in [1.82, 2.24) is 0 Å². The molecule has 4 rings (SSSR count). The minimum absolute atomic E-state index is 0.135. The predicted octanol–water partition coefficient (Wildman–Crippen LogP) is 6.68. The topological polar surface area (TPSA) is 73.2 Å². The molecule has 1 atom stereocenters. The summed E-state index contributed by atoms with van der Waals surface area (Å²) in [6, 6.07) is 21.9. The van der Waals surface area contributed by atoms with Crippen LogP contribution in [0.3, 0.4) is 0 Å². The summed E-state index contributed by atoms with van der Waals surface area (Å²) in [7, 11) is 0. The van der Waals surface area contributed by atoms with Gasteiger partial charge >= 0.3 is 0 Å². The predicted molar refractivity (Wildman–Crippen MR) is 143 cm³/mol. The molecule has 1 aliphatic rings. The molecule has 0 aromatic heterocycles. The molecule has 8 heteroatoms. The third-order valence-corrected chi connectivity index (χ3v) is 7.66. The Morgan fingerprint density at radius 3 is 2.29 bits per heavy atom. The molecule has 1 saturated heterocycles. The van der Waals surface area contributed by atoms with Gasteiger partial charge in [0.2, 0.25) is 5.91 Å². The summed E-state index contributed by atoms with van der Waals surface area (Å²) in [5.74, 6) is -0.814. The fourth-order valence-electron chi connectivity index (χ4n) is 3.65. The van der Waals surface area contributed by atoms with E-state index < -0.39 is 11.2 Å². The van der Waals surface area contributed by atoms with Gasteiger partial charge < -0.3 is 5.32 Å². The summed E-state index contributed by atoms with van der Waals surface area (Å²) in [6.07, 6.45) is 0.299. The number of carbonyl (C=O) groups excluding carboxylic acids is 2. The monoisotopic (exact) mass is 521 g/mol. The molecule has 1 fully saturated rings. The average molecular weight is 522 g/mol. The van der Waals surface area contributed by atoms with Gasteiger partial charge in [-0.2, -0.15) is 5.26 Å². The van der Waals surface area contributed by atoms with Crippen molar-refractivity contribution in [3.63, 3.8) is 0 Å². The van der Waals surface area contributed by atoms with Crippen LogP contribution in [-0.2, 0) is 16.0 Å².